The molecule has 0 bridgehead atoms. The van der Waals surface area contributed by atoms with Crippen molar-refractivity contribution in [1.29, 1.82) is 0 Å². The van der Waals surface area contributed by atoms with Gasteiger partial charge in [0, 0.05) is 11.5 Å². The van der Waals surface area contributed by atoms with Gasteiger partial charge in [0.2, 0.25) is 0 Å². The number of rotatable bonds is 4. The van der Waals surface area contributed by atoms with Gasteiger partial charge in [-0.2, -0.15) is 0 Å². The fraction of sp³-hybridized carbons (Fsp3) is 0.250. The molecule has 0 spiro atoms. The van der Waals surface area contributed by atoms with Crippen molar-refractivity contribution in [1.82, 2.24) is 0 Å². The summed E-state index contributed by atoms with van der Waals surface area (Å²) in [7, 11) is 0. The van der Waals surface area contributed by atoms with Crippen LogP contribution in [-0.2, 0) is 44.7 Å². The van der Waals surface area contributed by atoms with Gasteiger partial charge < -0.3 is 34.8 Å². The molecule has 0 aliphatic carbocycles. The van der Waals surface area contributed by atoms with Crippen LogP contribution in [0.2, 0.25) is 0 Å². The number of hydrogen-bond donors (Lipinski definition) is 0. The molecule has 2 nitrogen and oxygen atoms in total. The molecule has 0 heterocycles. The molecule has 0 saturated carbocycles. The Balaban J connectivity index is -0.000000180. The van der Waals surface area contributed by atoms with E-state index in [4.69, 9.17) is 0 Å². The van der Waals surface area contributed by atoms with E-state index in [2.05, 4.69) is 38.4 Å². The molecular formula is C8H10O2S4Zn. The van der Waals surface area contributed by atoms with E-state index >= 15 is 0 Å². The zero-order valence-electron chi connectivity index (χ0n) is 8.14. The molecule has 80 valence electrons. The molecule has 0 aliphatic heterocycles. The average molecular weight is 332 g/mol. The molecule has 0 aromatic heterocycles. The maximum absolute atomic E-state index is 9.93. The third-order valence-corrected chi connectivity index (χ3v) is 2.62. The summed E-state index contributed by atoms with van der Waals surface area (Å²) >= 11 is 10.6. The van der Waals surface area contributed by atoms with E-state index < -0.39 is 0 Å². The fourth-order valence-electron chi connectivity index (χ4n) is 0.254. The van der Waals surface area contributed by atoms with Gasteiger partial charge in [0.15, 0.2) is 0 Å². The van der Waals surface area contributed by atoms with Gasteiger partial charge in [-0.05, 0) is 0 Å². The Morgan fingerprint density at radius 1 is 1.00 bits per heavy atom. The van der Waals surface area contributed by atoms with Crippen molar-refractivity contribution in [3.63, 3.8) is 0 Å². The first-order valence-electron chi connectivity index (χ1n) is 3.44. The SMILES string of the molecule is C=CCSC(=O)[S-].C=CCSC(=O)[S-].[Zn+2]. The molecule has 0 N–H and O–H groups in total. The van der Waals surface area contributed by atoms with Crippen LogP contribution in [0.25, 0.3) is 0 Å². The van der Waals surface area contributed by atoms with Crippen molar-refractivity contribution in [2.75, 3.05) is 11.5 Å². The molecule has 0 saturated heterocycles. The van der Waals surface area contributed by atoms with E-state index in [0.717, 1.165) is 23.5 Å². The van der Waals surface area contributed by atoms with Crippen molar-refractivity contribution < 1.29 is 29.1 Å². The van der Waals surface area contributed by atoms with E-state index in [1.807, 2.05) is 0 Å². The molecule has 0 fully saturated rings. The van der Waals surface area contributed by atoms with Crippen molar-refractivity contribution in [3.05, 3.63) is 25.3 Å². The molecule has 0 aromatic carbocycles. The van der Waals surface area contributed by atoms with E-state index in [1.165, 1.54) is 0 Å². The first-order valence-corrected chi connectivity index (χ1v) is 6.22. The first kappa shape index (κ1) is 20.9. The largest absolute Gasteiger partial charge is 2.00 e. The van der Waals surface area contributed by atoms with Gasteiger partial charge in [-0.15, -0.1) is 36.7 Å². The molecule has 0 aliphatic rings. The monoisotopic (exact) mass is 330 g/mol. The van der Waals surface area contributed by atoms with Gasteiger partial charge in [-0.1, -0.05) is 12.2 Å². The molecule has 0 radical (unpaired) electrons. The maximum atomic E-state index is 9.93. The Bertz CT molecular complexity index is 187. The van der Waals surface area contributed by atoms with Crippen molar-refractivity contribution in [2.24, 2.45) is 0 Å². The summed E-state index contributed by atoms with van der Waals surface area (Å²) in [5.41, 5.74) is 0. The van der Waals surface area contributed by atoms with Crippen molar-refractivity contribution >= 4 is 57.7 Å². The minimum atomic E-state index is -0.264. The number of hydrogen-bond acceptors (Lipinski definition) is 6. The van der Waals surface area contributed by atoms with Crippen LogP contribution < -0.4 is 0 Å². The van der Waals surface area contributed by atoms with Crippen LogP contribution in [0.5, 0.6) is 0 Å². The summed E-state index contributed by atoms with van der Waals surface area (Å²) < 4.78 is -0.528. The van der Waals surface area contributed by atoms with Crippen molar-refractivity contribution in [3.8, 4) is 0 Å². The number of carbonyl (C=O) groups excluding carboxylic acids is 2. The van der Waals surface area contributed by atoms with Crippen LogP contribution in [0.15, 0.2) is 25.3 Å². The van der Waals surface area contributed by atoms with Crippen LogP contribution in [0.3, 0.4) is 0 Å². The van der Waals surface area contributed by atoms with Crippen LogP contribution in [0, 0.1) is 0 Å². The molecule has 0 amide bonds. The number of thioether (sulfide) groups is 2. The summed E-state index contributed by atoms with van der Waals surface area (Å²) in [6.07, 6.45) is 3.30. The Labute approximate surface area is 123 Å². The minimum Gasteiger partial charge on any atom is -0.730 e. The molecule has 0 aromatic rings. The third-order valence-electron chi connectivity index (χ3n) is 0.638. The molecule has 15 heavy (non-hydrogen) atoms. The van der Waals surface area contributed by atoms with Crippen LogP contribution in [-0.4, -0.2) is 20.4 Å². The normalized spacial score (nSPS) is 7.47. The predicted molar refractivity (Wildman–Crippen MR) is 70.8 cm³/mol. The summed E-state index contributed by atoms with van der Waals surface area (Å²) in [6.45, 7) is 6.83. The maximum Gasteiger partial charge on any atom is 2.00 e. The summed E-state index contributed by atoms with van der Waals surface area (Å²) in [4.78, 5) is 19.9. The Kier molecular flexibility index (Phi) is 23.7. The first-order chi connectivity index (χ1) is 6.54. The van der Waals surface area contributed by atoms with Crippen LogP contribution in [0.1, 0.15) is 0 Å². The summed E-state index contributed by atoms with van der Waals surface area (Å²) in [6, 6.07) is 0. The second-order valence-corrected chi connectivity index (χ2v) is 4.94. The van der Waals surface area contributed by atoms with Gasteiger partial charge in [-0.3, -0.25) is 0 Å². The third kappa shape index (κ3) is 31.3. The summed E-state index contributed by atoms with van der Waals surface area (Å²) in [5.74, 6) is 1.25. The Hall–Kier alpha value is 0.583. The molecule has 7 heteroatoms. The smallest absolute Gasteiger partial charge is 0.730 e. The zero-order chi connectivity index (χ0) is 11.4. The topological polar surface area (TPSA) is 34.1 Å². The zero-order valence-corrected chi connectivity index (χ0v) is 14.4. The Morgan fingerprint density at radius 2 is 1.27 bits per heavy atom. The standard InChI is InChI=1S/2C4H6OS2.Zn/c2*1-2-3-7-4(5)6;/h2*2H,1,3H2,(H,5,6);/q;;+2/p-2. The van der Waals surface area contributed by atoms with Crippen LogP contribution >= 0.6 is 23.5 Å². The van der Waals surface area contributed by atoms with Gasteiger partial charge in [0.1, 0.15) is 0 Å². The van der Waals surface area contributed by atoms with E-state index in [9.17, 15) is 9.59 Å². The van der Waals surface area contributed by atoms with Gasteiger partial charge in [0.25, 0.3) is 0 Å². The second-order valence-electron chi connectivity index (χ2n) is 1.70. The van der Waals surface area contributed by atoms with Gasteiger partial charge in [-0.25, -0.2) is 0 Å². The quantitative estimate of drug-likeness (QED) is 0.447. The van der Waals surface area contributed by atoms with Crippen LogP contribution in [0.4, 0.5) is 9.59 Å². The predicted octanol–water partition coefficient (Wildman–Crippen LogP) is 3.14. The van der Waals surface area contributed by atoms with Crippen molar-refractivity contribution in [2.45, 2.75) is 0 Å². The second kappa shape index (κ2) is 17.0. The molecular weight excluding hydrogens is 322 g/mol. The molecule has 0 unspecified atom stereocenters. The minimum absolute atomic E-state index is 0. The fourth-order valence-corrected chi connectivity index (χ4v) is 1.17. The van der Waals surface area contributed by atoms with Gasteiger partial charge in [0.05, 0.1) is 8.89 Å². The molecule has 0 rings (SSSR count). The van der Waals surface area contributed by atoms with E-state index in [0.29, 0.717) is 11.5 Å². The average Bonchev–Trinajstić information content (AvgIpc) is 2.12. The number of carbonyl (C=O) groups is 2. The molecule has 0 atom stereocenters. The summed E-state index contributed by atoms with van der Waals surface area (Å²) in [5, 5.41) is 0. The van der Waals surface area contributed by atoms with E-state index in [1.54, 1.807) is 12.2 Å². The Morgan fingerprint density at radius 3 is 1.33 bits per heavy atom. The van der Waals surface area contributed by atoms with Gasteiger partial charge >= 0.3 is 19.5 Å². The van der Waals surface area contributed by atoms with E-state index in [-0.39, 0.29) is 28.4 Å².